The van der Waals surface area contributed by atoms with Gasteiger partial charge >= 0.3 is 0 Å². The normalized spacial score (nSPS) is 20.2. The van der Waals surface area contributed by atoms with Gasteiger partial charge in [0.05, 0.1) is 28.3 Å². The summed E-state index contributed by atoms with van der Waals surface area (Å²) in [4.78, 5) is 14.3. The molecule has 1 aromatic rings. The lowest BCUT2D eigenvalue weighted by molar-refractivity contribution is 0.0600. The Morgan fingerprint density at radius 2 is 2.11 bits per heavy atom. The summed E-state index contributed by atoms with van der Waals surface area (Å²) in [5.74, 6) is -0.145. The number of benzene rings is 1. The smallest absolute Gasteiger partial charge is 0.255 e. The number of nitrogens with zero attached hydrogens (tertiary/aromatic N) is 1. The molecular weight excluding hydrogens is 285 g/mol. The molecule has 1 aromatic carbocycles. The quantitative estimate of drug-likeness (QED) is 0.910. The molecule has 104 valence electrons. The lowest BCUT2D eigenvalue weighted by Crippen LogP contribution is -2.42. The number of likely N-dealkylation sites (tertiary alicyclic amines) is 1. The van der Waals surface area contributed by atoms with E-state index in [0.29, 0.717) is 17.1 Å². The maximum Gasteiger partial charge on any atom is 0.255 e. The molecule has 1 atom stereocenters. The molecule has 5 heteroatoms. The average molecular weight is 302 g/mol. The first-order chi connectivity index (χ1) is 9.15. The zero-order valence-electron chi connectivity index (χ0n) is 10.6. The number of aliphatic hydroxyl groups excluding tert-OH is 1. The van der Waals surface area contributed by atoms with E-state index in [1.807, 2.05) is 0 Å². The van der Waals surface area contributed by atoms with Gasteiger partial charge in [-0.15, -0.1) is 0 Å². The van der Waals surface area contributed by atoms with Crippen molar-refractivity contribution in [2.45, 2.75) is 31.7 Å². The molecule has 2 rings (SSSR count). The maximum atomic E-state index is 12.6. The van der Waals surface area contributed by atoms with Crippen molar-refractivity contribution in [3.05, 3.63) is 33.8 Å². The fourth-order valence-corrected chi connectivity index (χ4v) is 2.84. The third-order valence-electron chi connectivity index (χ3n) is 3.53. The van der Waals surface area contributed by atoms with Crippen LogP contribution in [0.1, 0.15) is 36.0 Å². The van der Waals surface area contributed by atoms with E-state index in [2.05, 4.69) is 0 Å². The van der Waals surface area contributed by atoms with E-state index in [4.69, 9.17) is 23.2 Å². The van der Waals surface area contributed by atoms with Crippen LogP contribution in [0.25, 0.3) is 0 Å². The Morgan fingerprint density at radius 3 is 2.84 bits per heavy atom. The summed E-state index contributed by atoms with van der Waals surface area (Å²) in [6, 6.07) is 4.93. The van der Waals surface area contributed by atoms with E-state index in [-0.39, 0.29) is 23.6 Å². The number of hydrogen-bond donors (Lipinski definition) is 1. The first kappa shape index (κ1) is 14.6. The SMILES string of the molecule is O=C(c1cccc(Cl)c1Cl)N1CCCCCC1CO. The number of carbonyl (C=O) groups excluding carboxylic acids is 1. The molecule has 1 aliphatic rings. The van der Waals surface area contributed by atoms with E-state index >= 15 is 0 Å². The second-order valence-corrected chi connectivity index (χ2v) is 5.57. The molecule has 1 aliphatic heterocycles. The van der Waals surface area contributed by atoms with Crippen LogP contribution in [0.5, 0.6) is 0 Å². The second-order valence-electron chi connectivity index (χ2n) is 4.79. The number of aliphatic hydroxyl groups is 1. The van der Waals surface area contributed by atoms with Crippen molar-refractivity contribution in [3.8, 4) is 0 Å². The van der Waals surface area contributed by atoms with E-state index in [0.717, 1.165) is 25.7 Å². The molecule has 1 fully saturated rings. The second kappa shape index (κ2) is 6.60. The van der Waals surface area contributed by atoms with Gasteiger partial charge in [-0.25, -0.2) is 0 Å². The van der Waals surface area contributed by atoms with Crippen molar-refractivity contribution in [2.75, 3.05) is 13.2 Å². The third kappa shape index (κ3) is 3.22. The molecule has 19 heavy (non-hydrogen) atoms. The lowest BCUT2D eigenvalue weighted by atomic mass is 10.1. The zero-order valence-corrected chi connectivity index (χ0v) is 12.1. The molecule has 0 radical (unpaired) electrons. The molecule has 0 aliphatic carbocycles. The molecule has 1 heterocycles. The minimum atomic E-state index is -0.145. The highest BCUT2D eigenvalue weighted by molar-refractivity contribution is 6.43. The number of hydrogen-bond acceptors (Lipinski definition) is 2. The van der Waals surface area contributed by atoms with Crippen LogP contribution < -0.4 is 0 Å². The minimum Gasteiger partial charge on any atom is -0.394 e. The summed E-state index contributed by atoms with van der Waals surface area (Å²) < 4.78 is 0. The van der Waals surface area contributed by atoms with Crippen LogP contribution in [-0.4, -0.2) is 35.1 Å². The molecule has 0 saturated carbocycles. The summed E-state index contributed by atoms with van der Waals surface area (Å²) in [5, 5.41) is 10.1. The molecular formula is C14H17Cl2NO2. The third-order valence-corrected chi connectivity index (χ3v) is 4.35. The monoisotopic (exact) mass is 301 g/mol. The van der Waals surface area contributed by atoms with Crippen LogP contribution in [0.2, 0.25) is 10.0 Å². The number of rotatable bonds is 2. The molecule has 1 unspecified atom stereocenters. The fourth-order valence-electron chi connectivity index (χ4n) is 2.46. The standard InChI is InChI=1S/C14H17Cl2NO2/c15-12-7-4-6-11(13(12)16)14(19)17-8-3-1-2-5-10(17)9-18/h4,6-7,10,18H,1-3,5,8-9H2. The highest BCUT2D eigenvalue weighted by atomic mass is 35.5. The highest BCUT2D eigenvalue weighted by Crippen LogP contribution is 2.28. The van der Waals surface area contributed by atoms with Crippen molar-refractivity contribution in [2.24, 2.45) is 0 Å². The van der Waals surface area contributed by atoms with Crippen LogP contribution in [0.15, 0.2) is 18.2 Å². The van der Waals surface area contributed by atoms with Crippen molar-refractivity contribution >= 4 is 29.1 Å². The highest BCUT2D eigenvalue weighted by Gasteiger charge is 2.27. The summed E-state index contributed by atoms with van der Waals surface area (Å²) in [5.41, 5.74) is 0.412. The van der Waals surface area contributed by atoms with Crippen LogP contribution >= 0.6 is 23.2 Å². The Hall–Kier alpha value is -0.770. The van der Waals surface area contributed by atoms with E-state index in [1.54, 1.807) is 23.1 Å². The maximum absolute atomic E-state index is 12.6. The molecule has 1 N–H and O–H groups in total. The Bertz CT molecular complexity index is 465. The van der Waals surface area contributed by atoms with E-state index in [1.165, 1.54) is 0 Å². The molecule has 3 nitrogen and oxygen atoms in total. The van der Waals surface area contributed by atoms with Gasteiger partial charge in [-0.3, -0.25) is 4.79 Å². The number of carbonyl (C=O) groups is 1. The van der Waals surface area contributed by atoms with Gasteiger partial charge in [-0.05, 0) is 25.0 Å². The summed E-state index contributed by atoms with van der Waals surface area (Å²) in [6.07, 6.45) is 3.92. The van der Waals surface area contributed by atoms with Gasteiger partial charge in [0, 0.05) is 6.54 Å². The predicted molar refractivity (Wildman–Crippen MR) is 76.8 cm³/mol. The van der Waals surface area contributed by atoms with E-state index in [9.17, 15) is 9.90 Å². The van der Waals surface area contributed by atoms with Crippen LogP contribution in [0.3, 0.4) is 0 Å². The van der Waals surface area contributed by atoms with Crippen molar-refractivity contribution < 1.29 is 9.90 Å². The largest absolute Gasteiger partial charge is 0.394 e. The van der Waals surface area contributed by atoms with Gasteiger partial charge in [0.1, 0.15) is 0 Å². The summed E-state index contributed by atoms with van der Waals surface area (Å²) >= 11 is 12.0. The minimum absolute atomic E-state index is 0.01000. The fraction of sp³-hybridized carbons (Fsp3) is 0.500. The summed E-state index contributed by atoms with van der Waals surface area (Å²) in [7, 11) is 0. The van der Waals surface area contributed by atoms with E-state index < -0.39 is 0 Å². The van der Waals surface area contributed by atoms with Crippen molar-refractivity contribution in [1.82, 2.24) is 4.90 Å². The van der Waals surface area contributed by atoms with Crippen LogP contribution in [0, 0.1) is 0 Å². The van der Waals surface area contributed by atoms with Gasteiger partial charge < -0.3 is 10.0 Å². The van der Waals surface area contributed by atoms with Crippen LogP contribution in [0.4, 0.5) is 0 Å². The van der Waals surface area contributed by atoms with Gasteiger partial charge in [0.2, 0.25) is 0 Å². The van der Waals surface area contributed by atoms with Crippen molar-refractivity contribution in [3.63, 3.8) is 0 Å². The Labute approximate surface area is 123 Å². The molecule has 1 saturated heterocycles. The van der Waals surface area contributed by atoms with Crippen molar-refractivity contribution in [1.29, 1.82) is 0 Å². The van der Waals surface area contributed by atoms with Gasteiger partial charge in [0.15, 0.2) is 0 Å². The van der Waals surface area contributed by atoms with Gasteiger partial charge in [-0.1, -0.05) is 42.1 Å². The summed E-state index contributed by atoms with van der Waals surface area (Å²) in [6.45, 7) is 0.650. The van der Waals surface area contributed by atoms with Gasteiger partial charge in [-0.2, -0.15) is 0 Å². The molecule has 1 amide bonds. The Balaban J connectivity index is 2.28. The molecule has 0 aromatic heterocycles. The number of amides is 1. The van der Waals surface area contributed by atoms with Gasteiger partial charge in [0.25, 0.3) is 5.91 Å². The molecule has 0 spiro atoms. The first-order valence-corrected chi connectivity index (χ1v) is 7.26. The predicted octanol–water partition coefficient (Wildman–Crippen LogP) is 3.37. The molecule has 0 bridgehead atoms. The Kier molecular flexibility index (Phi) is 5.08. The lowest BCUT2D eigenvalue weighted by Gasteiger charge is -2.29. The average Bonchev–Trinajstić information content (AvgIpc) is 2.66. The van der Waals surface area contributed by atoms with Crippen LogP contribution in [-0.2, 0) is 0 Å². The topological polar surface area (TPSA) is 40.5 Å². The Morgan fingerprint density at radius 1 is 1.32 bits per heavy atom. The first-order valence-electron chi connectivity index (χ1n) is 6.51. The number of halogens is 2. The zero-order chi connectivity index (χ0) is 13.8.